The molecule has 0 aliphatic carbocycles. The van der Waals surface area contributed by atoms with E-state index in [9.17, 15) is 0 Å². The van der Waals surface area contributed by atoms with Gasteiger partial charge in [0, 0.05) is 6.04 Å². The van der Waals surface area contributed by atoms with E-state index in [2.05, 4.69) is 46.9 Å². The molecule has 0 aromatic carbocycles. The maximum absolute atomic E-state index is 3.56. The van der Waals surface area contributed by atoms with Crippen LogP contribution in [0, 0.1) is 17.8 Å². The molecular formula is C13H29N. The lowest BCUT2D eigenvalue weighted by Gasteiger charge is -2.30. The summed E-state index contributed by atoms with van der Waals surface area (Å²) in [6.07, 6.45) is 2.67. The minimum Gasteiger partial charge on any atom is -0.314 e. The van der Waals surface area contributed by atoms with E-state index in [1.807, 2.05) is 0 Å². The summed E-state index contributed by atoms with van der Waals surface area (Å²) in [5, 5.41) is 3.56. The number of hydrogen-bond acceptors (Lipinski definition) is 1. The Morgan fingerprint density at radius 3 is 1.93 bits per heavy atom. The molecule has 0 fully saturated rings. The standard InChI is InChI=1S/C13H29N/c1-7-11(5)9-13(10(3)4)12(6)14-8-2/h10-14H,7-9H2,1-6H3. The molecule has 3 atom stereocenters. The van der Waals surface area contributed by atoms with Crippen LogP contribution < -0.4 is 5.32 Å². The zero-order valence-electron chi connectivity index (χ0n) is 10.9. The first-order chi connectivity index (χ1) is 6.52. The van der Waals surface area contributed by atoms with E-state index in [0.717, 1.165) is 24.3 Å². The van der Waals surface area contributed by atoms with Gasteiger partial charge in [-0.25, -0.2) is 0 Å². The van der Waals surface area contributed by atoms with Crippen molar-refractivity contribution in [2.75, 3.05) is 6.54 Å². The minimum absolute atomic E-state index is 0.661. The fourth-order valence-electron chi connectivity index (χ4n) is 2.16. The fraction of sp³-hybridized carbons (Fsp3) is 1.00. The van der Waals surface area contributed by atoms with Crippen molar-refractivity contribution in [1.29, 1.82) is 0 Å². The van der Waals surface area contributed by atoms with Crippen molar-refractivity contribution in [2.45, 2.75) is 60.4 Å². The molecule has 0 heterocycles. The van der Waals surface area contributed by atoms with E-state index < -0.39 is 0 Å². The van der Waals surface area contributed by atoms with Crippen molar-refractivity contribution < 1.29 is 0 Å². The van der Waals surface area contributed by atoms with Crippen LogP contribution in [0.3, 0.4) is 0 Å². The van der Waals surface area contributed by atoms with E-state index in [4.69, 9.17) is 0 Å². The largest absolute Gasteiger partial charge is 0.314 e. The molecular weight excluding hydrogens is 170 g/mol. The third-order valence-corrected chi connectivity index (χ3v) is 3.40. The van der Waals surface area contributed by atoms with Crippen molar-refractivity contribution in [3.8, 4) is 0 Å². The second-order valence-electron chi connectivity index (χ2n) is 5.00. The van der Waals surface area contributed by atoms with Crippen LogP contribution >= 0.6 is 0 Å². The van der Waals surface area contributed by atoms with Crippen molar-refractivity contribution in [3.63, 3.8) is 0 Å². The minimum atomic E-state index is 0.661. The molecule has 86 valence electrons. The average Bonchev–Trinajstić information content (AvgIpc) is 2.13. The summed E-state index contributed by atoms with van der Waals surface area (Å²) < 4.78 is 0. The van der Waals surface area contributed by atoms with Gasteiger partial charge < -0.3 is 5.32 Å². The summed E-state index contributed by atoms with van der Waals surface area (Å²) >= 11 is 0. The Labute approximate surface area is 90.7 Å². The number of nitrogens with one attached hydrogen (secondary N) is 1. The summed E-state index contributed by atoms with van der Waals surface area (Å²) in [6, 6.07) is 0.661. The Hall–Kier alpha value is -0.0400. The molecule has 0 rings (SSSR count). The topological polar surface area (TPSA) is 12.0 Å². The molecule has 0 radical (unpaired) electrons. The molecule has 1 N–H and O–H groups in total. The monoisotopic (exact) mass is 199 g/mol. The Morgan fingerprint density at radius 2 is 1.57 bits per heavy atom. The summed E-state index contributed by atoms with van der Waals surface area (Å²) in [4.78, 5) is 0. The number of rotatable bonds is 7. The van der Waals surface area contributed by atoms with Gasteiger partial charge in [0.05, 0.1) is 0 Å². The third kappa shape index (κ3) is 4.99. The van der Waals surface area contributed by atoms with Crippen molar-refractivity contribution in [1.82, 2.24) is 5.32 Å². The maximum Gasteiger partial charge on any atom is 0.00694 e. The van der Waals surface area contributed by atoms with Gasteiger partial charge in [-0.15, -0.1) is 0 Å². The first-order valence-corrected chi connectivity index (χ1v) is 6.26. The molecule has 0 saturated heterocycles. The fourth-order valence-corrected chi connectivity index (χ4v) is 2.16. The smallest absolute Gasteiger partial charge is 0.00694 e. The summed E-state index contributed by atoms with van der Waals surface area (Å²) in [7, 11) is 0. The molecule has 0 aromatic rings. The van der Waals surface area contributed by atoms with Crippen molar-refractivity contribution >= 4 is 0 Å². The van der Waals surface area contributed by atoms with Crippen LogP contribution in [0.4, 0.5) is 0 Å². The van der Waals surface area contributed by atoms with Crippen LogP contribution in [0.1, 0.15) is 54.4 Å². The molecule has 1 heteroatoms. The van der Waals surface area contributed by atoms with Crippen LogP contribution in [0.2, 0.25) is 0 Å². The quantitative estimate of drug-likeness (QED) is 0.659. The lowest BCUT2D eigenvalue weighted by atomic mass is 9.81. The predicted molar refractivity (Wildman–Crippen MR) is 65.5 cm³/mol. The van der Waals surface area contributed by atoms with Crippen molar-refractivity contribution in [3.05, 3.63) is 0 Å². The second-order valence-corrected chi connectivity index (χ2v) is 5.00. The highest BCUT2D eigenvalue weighted by Gasteiger charge is 2.21. The van der Waals surface area contributed by atoms with Gasteiger partial charge in [-0.3, -0.25) is 0 Å². The predicted octanol–water partition coefficient (Wildman–Crippen LogP) is 3.69. The highest BCUT2D eigenvalue weighted by Crippen LogP contribution is 2.25. The molecule has 0 spiro atoms. The van der Waals surface area contributed by atoms with Crippen LogP contribution in [-0.4, -0.2) is 12.6 Å². The molecule has 3 unspecified atom stereocenters. The highest BCUT2D eigenvalue weighted by atomic mass is 14.9. The van der Waals surface area contributed by atoms with Crippen LogP contribution in [-0.2, 0) is 0 Å². The Bertz CT molecular complexity index is 131. The van der Waals surface area contributed by atoms with Gasteiger partial charge in [0.1, 0.15) is 0 Å². The molecule has 0 aromatic heterocycles. The maximum atomic E-state index is 3.56. The molecule has 0 amide bonds. The normalized spacial score (nSPS) is 18.2. The zero-order valence-corrected chi connectivity index (χ0v) is 10.9. The van der Waals surface area contributed by atoms with Gasteiger partial charge in [0.15, 0.2) is 0 Å². The Morgan fingerprint density at radius 1 is 1.00 bits per heavy atom. The van der Waals surface area contributed by atoms with Gasteiger partial charge >= 0.3 is 0 Å². The third-order valence-electron chi connectivity index (χ3n) is 3.40. The van der Waals surface area contributed by atoms with Crippen LogP contribution in [0.5, 0.6) is 0 Å². The zero-order chi connectivity index (χ0) is 11.1. The lowest BCUT2D eigenvalue weighted by molar-refractivity contribution is 0.240. The van der Waals surface area contributed by atoms with Crippen molar-refractivity contribution in [2.24, 2.45) is 17.8 Å². The molecule has 0 bridgehead atoms. The molecule has 0 aliphatic rings. The first kappa shape index (κ1) is 14.0. The molecule has 0 saturated carbocycles. The van der Waals surface area contributed by atoms with Crippen LogP contribution in [0.25, 0.3) is 0 Å². The van der Waals surface area contributed by atoms with Crippen LogP contribution in [0.15, 0.2) is 0 Å². The molecule has 1 nitrogen and oxygen atoms in total. The SMILES string of the molecule is CCNC(C)C(CC(C)CC)C(C)C. The van der Waals surface area contributed by atoms with Gasteiger partial charge in [-0.2, -0.15) is 0 Å². The van der Waals surface area contributed by atoms with E-state index in [1.165, 1.54) is 12.8 Å². The summed E-state index contributed by atoms with van der Waals surface area (Å²) in [6.45, 7) is 15.0. The number of hydrogen-bond donors (Lipinski definition) is 1. The lowest BCUT2D eigenvalue weighted by Crippen LogP contribution is -2.36. The summed E-state index contributed by atoms with van der Waals surface area (Å²) in [5.41, 5.74) is 0. The second kappa shape index (κ2) is 7.28. The first-order valence-electron chi connectivity index (χ1n) is 6.26. The van der Waals surface area contributed by atoms with Gasteiger partial charge in [-0.1, -0.05) is 41.0 Å². The van der Waals surface area contributed by atoms with Gasteiger partial charge in [-0.05, 0) is 37.6 Å². The Balaban J connectivity index is 4.13. The molecule has 14 heavy (non-hydrogen) atoms. The van der Waals surface area contributed by atoms with Gasteiger partial charge in [0.2, 0.25) is 0 Å². The van der Waals surface area contributed by atoms with E-state index in [-0.39, 0.29) is 0 Å². The van der Waals surface area contributed by atoms with Gasteiger partial charge in [0.25, 0.3) is 0 Å². The molecule has 0 aliphatic heterocycles. The summed E-state index contributed by atoms with van der Waals surface area (Å²) in [5.74, 6) is 2.48. The van der Waals surface area contributed by atoms with E-state index in [1.54, 1.807) is 0 Å². The highest BCUT2D eigenvalue weighted by molar-refractivity contribution is 4.76. The van der Waals surface area contributed by atoms with E-state index >= 15 is 0 Å². The average molecular weight is 199 g/mol. The Kier molecular flexibility index (Phi) is 7.26. The van der Waals surface area contributed by atoms with E-state index in [0.29, 0.717) is 6.04 Å².